The van der Waals surface area contributed by atoms with Gasteiger partial charge in [0.15, 0.2) is 0 Å². The van der Waals surface area contributed by atoms with Crippen molar-refractivity contribution in [2.24, 2.45) is 0 Å². The normalized spacial score (nSPS) is 14.7. The Hall–Kier alpha value is -8.20. The molecule has 2 nitrogen and oxygen atoms in total. The highest BCUT2D eigenvalue weighted by Gasteiger charge is 2.49. The van der Waals surface area contributed by atoms with E-state index >= 15 is 0 Å². The number of benzene rings is 11. The molecular formula is C61H37NO. The third-order valence-corrected chi connectivity index (χ3v) is 14.0. The average molecular weight is 800 g/mol. The molecule has 0 saturated carbocycles. The van der Waals surface area contributed by atoms with Gasteiger partial charge in [0.05, 0.1) is 16.8 Å². The third kappa shape index (κ3) is 4.67. The predicted octanol–water partition coefficient (Wildman–Crippen LogP) is 16.5. The lowest BCUT2D eigenvalue weighted by atomic mass is 9.55. The molecule has 0 fully saturated rings. The van der Waals surface area contributed by atoms with E-state index in [9.17, 15) is 0 Å². The van der Waals surface area contributed by atoms with Crippen LogP contribution >= 0.6 is 0 Å². The molecule has 63 heavy (non-hydrogen) atoms. The fourth-order valence-corrected chi connectivity index (χ4v) is 11.5. The van der Waals surface area contributed by atoms with Gasteiger partial charge >= 0.3 is 0 Å². The molecule has 2 heteroatoms. The van der Waals surface area contributed by atoms with E-state index in [2.05, 4.69) is 223 Å². The van der Waals surface area contributed by atoms with Crippen LogP contribution in [0.1, 0.15) is 22.3 Å². The van der Waals surface area contributed by atoms with Gasteiger partial charge in [-0.15, -0.1) is 0 Å². The predicted molar refractivity (Wildman–Crippen MR) is 263 cm³/mol. The van der Waals surface area contributed by atoms with Crippen molar-refractivity contribution in [3.63, 3.8) is 0 Å². The Morgan fingerprint density at radius 3 is 1.84 bits per heavy atom. The van der Waals surface area contributed by atoms with Crippen molar-refractivity contribution in [3.05, 3.63) is 247 Å². The highest BCUT2D eigenvalue weighted by molar-refractivity contribution is 6.16. The zero-order chi connectivity index (χ0) is 41.2. The molecule has 0 N–H and O–H groups in total. The molecule has 1 unspecified atom stereocenters. The van der Waals surface area contributed by atoms with Crippen molar-refractivity contribution in [3.8, 4) is 33.4 Å². The van der Waals surface area contributed by atoms with Crippen molar-refractivity contribution in [1.29, 1.82) is 0 Å². The third-order valence-electron chi connectivity index (χ3n) is 14.0. The smallest absolute Gasteiger partial charge is 0.137 e. The molecule has 2 aliphatic carbocycles. The first-order valence-corrected chi connectivity index (χ1v) is 21.8. The summed E-state index contributed by atoms with van der Waals surface area (Å²) in [7, 11) is 0. The molecule has 0 radical (unpaired) electrons. The molecule has 292 valence electrons. The van der Waals surface area contributed by atoms with Gasteiger partial charge in [0.25, 0.3) is 0 Å². The lowest BCUT2D eigenvalue weighted by Crippen LogP contribution is -2.36. The van der Waals surface area contributed by atoms with Gasteiger partial charge in [-0.25, -0.2) is 0 Å². The molecule has 2 aliphatic rings. The molecular weight excluding hydrogens is 763 g/mol. The van der Waals surface area contributed by atoms with E-state index in [1.54, 1.807) is 0 Å². The number of para-hydroxylation sites is 1. The largest absolute Gasteiger partial charge is 0.456 e. The van der Waals surface area contributed by atoms with E-state index < -0.39 is 5.41 Å². The Morgan fingerprint density at radius 1 is 0.317 bits per heavy atom. The van der Waals surface area contributed by atoms with Crippen LogP contribution in [0.4, 0.5) is 17.1 Å². The zero-order valence-corrected chi connectivity index (χ0v) is 34.2. The number of anilines is 3. The summed E-state index contributed by atoms with van der Waals surface area (Å²) in [6.45, 7) is 0. The summed E-state index contributed by atoms with van der Waals surface area (Å²) in [5.74, 6) is 0. The van der Waals surface area contributed by atoms with Crippen molar-refractivity contribution in [2.45, 2.75) is 5.41 Å². The van der Waals surface area contributed by atoms with Crippen LogP contribution in [0.25, 0.3) is 87.6 Å². The van der Waals surface area contributed by atoms with E-state index in [0.29, 0.717) is 0 Å². The first-order chi connectivity index (χ1) is 31.3. The van der Waals surface area contributed by atoms with Crippen LogP contribution in [0.5, 0.6) is 0 Å². The molecule has 11 aromatic carbocycles. The summed E-state index contributed by atoms with van der Waals surface area (Å²) in [6.07, 6.45) is 0. The minimum atomic E-state index is -0.618. The molecule has 14 rings (SSSR count). The number of hydrogen-bond acceptors (Lipinski definition) is 2. The Bertz CT molecular complexity index is 3870. The molecule has 1 spiro atoms. The van der Waals surface area contributed by atoms with Gasteiger partial charge in [-0.2, -0.15) is 0 Å². The van der Waals surface area contributed by atoms with Crippen LogP contribution < -0.4 is 4.90 Å². The second kappa shape index (κ2) is 12.9. The fourth-order valence-electron chi connectivity index (χ4n) is 11.5. The molecule has 1 atom stereocenters. The van der Waals surface area contributed by atoms with Crippen molar-refractivity contribution < 1.29 is 4.42 Å². The van der Waals surface area contributed by atoms with Crippen LogP contribution in [0.15, 0.2) is 229 Å². The first-order valence-electron chi connectivity index (χ1n) is 21.8. The Kier molecular flexibility index (Phi) is 7.07. The fraction of sp³-hybridized carbons (Fsp3) is 0.0164. The minimum Gasteiger partial charge on any atom is -0.456 e. The molecule has 1 aromatic heterocycles. The summed E-state index contributed by atoms with van der Waals surface area (Å²) >= 11 is 0. The monoisotopic (exact) mass is 799 g/mol. The Labute approximate surface area is 364 Å². The quantitative estimate of drug-likeness (QED) is 0.176. The van der Waals surface area contributed by atoms with E-state index in [4.69, 9.17) is 4.42 Å². The lowest BCUT2D eigenvalue weighted by Gasteiger charge is -2.46. The average Bonchev–Trinajstić information content (AvgIpc) is 3.73. The zero-order valence-electron chi connectivity index (χ0n) is 34.2. The van der Waals surface area contributed by atoms with Crippen LogP contribution in [0, 0.1) is 0 Å². The van der Waals surface area contributed by atoms with Crippen LogP contribution in [-0.4, -0.2) is 0 Å². The van der Waals surface area contributed by atoms with Crippen molar-refractivity contribution >= 4 is 71.3 Å². The van der Waals surface area contributed by atoms with Gasteiger partial charge in [0.1, 0.15) is 11.2 Å². The number of nitrogens with zero attached hydrogens (tertiary/aromatic N) is 1. The summed E-state index contributed by atoms with van der Waals surface area (Å²) < 4.78 is 6.57. The summed E-state index contributed by atoms with van der Waals surface area (Å²) in [5, 5.41) is 9.67. The van der Waals surface area contributed by atoms with Crippen molar-refractivity contribution in [2.75, 3.05) is 4.90 Å². The lowest BCUT2D eigenvalue weighted by molar-refractivity contribution is 0.669. The van der Waals surface area contributed by atoms with Crippen LogP contribution in [0.2, 0.25) is 0 Å². The first kappa shape index (κ1) is 34.5. The Morgan fingerprint density at radius 2 is 0.921 bits per heavy atom. The molecule has 0 bridgehead atoms. The number of fused-ring (bicyclic) bond motifs is 12. The van der Waals surface area contributed by atoms with Gasteiger partial charge in [-0.05, 0) is 114 Å². The molecule has 1 heterocycles. The van der Waals surface area contributed by atoms with E-state index in [1.807, 2.05) is 6.07 Å². The van der Waals surface area contributed by atoms with Crippen molar-refractivity contribution in [1.82, 2.24) is 0 Å². The molecule has 0 saturated heterocycles. The van der Waals surface area contributed by atoms with E-state index in [0.717, 1.165) is 39.0 Å². The highest BCUT2D eigenvalue weighted by Crippen LogP contribution is 2.62. The van der Waals surface area contributed by atoms with Gasteiger partial charge in [0, 0.05) is 33.3 Å². The van der Waals surface area contributed by atoms with E-state index in [-0.39, 0.29) is 0 Å². The Balaban J connectivity index is 1.12. The van der Waals surface area contributed by atoms with Crippen LogP contribution in [0.3, 0.4) is 0 Å². The molecule has 0 aliphatic heterocycles. The highest BCUT2D eigenvalue weighted by atomic mass is 16.3. The second-order valence-corrected chi connectivity index (χ2v) is 17.1. The topological polar surface area (TPSA) is 16.4 Å². The maximum Gasteiger partial charge on any atom is 0.137 e. The number of hydrogen-bond donors (Lipinski definition) is 0. The summed E-state index contributed by atoms with van der Waals surface area (Å²) in [5.41, 5.74) is 17.2. The standard InChI is InChI=1S/C61H37NO/c1-2-14-38(15-3-1)41-30-32-45-48-23-10-18-40-19-11-26-52(59(40)48)61(54(45)36-41)51-25-8-6-21-44(51)49-34-35-56(50-24-13-27-53(61)60(49)50)62(55-28-12-17-39-16-4-5-20-43(39)55)42-31-33-47-46-22-7-9-29-57(46)63-58(47)37-42/h1-37H. The second-order valence-electron chi connectivity index (χ2n) is 17.1. The minimum absolute atomic E-state index is 0.618. The maximum absolute atomic E-state index is 6.57. The molecule has 12 aromatic rings. The van der Waals surface area contributed by atoms with Gasteiger partial charge in [0.2, 0.25) is 0 Å². The number of rotatable bonds is 4. The number of furan rings is 1. The SMILES string of the molecule is c1ccc(-c2ccc3c(c2)C2(c4ccccc4-c4ccc(N(c5ccc6c(c5)oc5ccccc56)c5cccc6ccccc56)c5cccc2c45)c2cccc4cccc-3c24)cc1. The maximum atomic E-state index is 6.57. The van der Waals surface area contributed by atoms with Gasteiger partial charge in [-0.3, -0.25) is 0 Å². The molecule has 0 amide bonds. The van der Waals surface area contributed by atoms with Gasteiger partial charge < -0.3 is 9.32 Å². The summed E-state index contributed by atoms with van der Waals surface area (Å²) in [4.78, 5) is 2.46. The van der Waals surface area contributed by atoms with E-state index in [1.165, 1.54) is 88.0 Å². The summed E-state index contributed by atoms with van der Waals surface area (Å²) in [6, 6.07) is 83.2. The van der Waals surface area contributed by atoms with Crippen LogP contribution in [-0.2, 0) is 5.41 Å². The van der Waals surface area contributed by atoms with Gasteiger partial charge in [-0.1, -0.05) is 182 Å².